The van der Waals surface area contributed by atoms with Crippen LogP contribution < -0.4 is 15.8 Å². The average molecular weight is 338 g/mol. The number of carbonyl (C=O) groups excluding carboxylic acids is 1. The largest absolute Gasteiger partial charge is 0.353 e. The first-order chi connectivity index (χ1) is 9.38. The first-order valence-electron chi connectivity index (χ1n) is 6.16. The number of amides is 1. The van der Waals surface area contributed by atoms with Crippen LogP contribution in [0.25, 0.3) is 0 Å². The van der Waals surface area contributed by atoms with Crippen LogP contribution in [0.2, 0.25) is 4.34 Å². The molecule has 1 amide bonds. The molecule has 1 heterocycles. The Kier molecular flexibility index (Phi) is 5.03. The van der Waals surface area contributed by atoms with Gasteiger partial charge in [0, 0.05) is 12.6 Å². The van der Waals surface area contributed by atoms with Crippen LogP contribution >= 0.6 is 22.9 Å². The molecule has 1 unspecified atom stereocenters. The summed E-state index contributed by atoms with van der Waals surface area (Å²) < 4.78 is 26.4. The van der Waals surface area contributed by atoms with Crippen LogP contribution in [-0.4, -0.2) is 33.5 Å². The smallest absolute Gasteiger partial charge is 0.250 e. The molecular formula is C11H16ClN3O3S2. The van der Waals surface area contributed by atoms with Crippen molar-refractivity contribution in [3.63, 3.8) is 0 Å². The van der Waals surface area contributed by atoms with Crippen LogP contribution in [-0.2, 0) is 14.8 Å². The molecule has 0 saturated heterocycles. The lowest BCUT2D eigenvalue weighted by molar-refractivity contribution is -0.120. The molecule has 1 aromatic heterocycles. The number of carbonyl (C=O) groups is 1. The maximum atomic E-state index is 11.8. The van der Waals surface area contributed by atoms with Crippen molar-refractivity contribution in [2.45, 2.75) is 23.1 Å². The summed E-state index contributed by atoms with van der Waals surface area (Å²) >= 11 is 6.62. The molecule has 1 atom stereocenters. The summed E-state index contributed by atoms with van der Waals surface area (Å²) in [7, 11) is -3.69. The summed E-state index contributed by atoms with van der Waals surface area (Å²) in [6.45, 7) is 0.0608. The molecule has 1 aliphatic carbocycles. The summed E-state index contributed by atoms with van der Waals surface area (Å²) in [5.41, 5.74) is 5.84. The van der Waals surface area contributed by atoms with Crippen molar-refractivity contribution < 1.29 is 13.2 Å². The van der Waals surface area contributed by atoms with E-state index in [1.165, 1.54) is 12.1 Å². The second-order valence-corrected chi connectivity index (χ2v) is 8.40. The van der Waals surface area contributed by atoms with Crippen molar-refractivity contribution in [1.29, 1.82) is 0 Å². The first-order valence-corrected chi connectivity index (χ1v) is 8.83. The zero-order chi connectivity index (χ0) is 14.8. The van der Waals surface area contributed by atoms with E-state index < -0.39 is 15.9 Å². The lowest BCUT2D eigenvalue weighted by Gasteiger charge is -2.11. The minimum Gasteiger partial charge on any atom is -0.353 e. The Morgan fingerprint density at radius 2 is 2.20 bits per heavy atom. The van der Waals surface area contributed by atoms with E-state index in [2.05, 4.69) is 10.0 Å². The molecule has 1 saturated carbocycles. The lowest BCUT2D eigenvalue weighted by Crippen LogP contribution is -2.43. The maximum Gasteiger partial charge on any atom is 0.250 e. The van der Waals surface area contributed by atoms with Crippen molar-refractivity contribution in [1.82, 2.24) is 10.0 Å². The van der Waals surface area contributed by atoms with Crippen LogP contribution in [0.15, 0.2) is 16.3 Å². The van der Waals surface area contributed by atoms with Gasteiger partial charge in [0.05, 0.1) is 10.9 Å². The van der Waals surface area contributed by atoms with Gasteiger partial charge < -0.3 is 11.1 Å². The molecule has 9 heteroatoms. The molecule has 0 bridgehead atoms. The summed E-state index contributed by atoms with van der Waals surface area (Å²) in [6, 6.07) is 2.85. The number of rotatable bonds is 7. The molecule has 1 fully saturated rings. The molecule has 4 N–H and O–H groups in total. The molecule has 0 radical (unpaired) electrons. The highest BCUT2D eigenvalue weighted by atomic mass is 35.5. The van der Waals surface area contributed by atoms with Gasteiger partial charge in [-0.2, -0.15) is 0 Å². The van der Waals surface area contributed by atoms with Crippen molar-refractivity contribution in [2.24, 2.45) is 11.7 Å². The number of hydrogen-bond acceptors (Lipinski definition) is 5. The molecule has 6 nitrogen and oxygen atoms in total. The Bertz CT molecular complexity index is 583. The topological polar surface area (TPSA) is 101 Å². The van der Waals surface area contributed by atoms with Gasteiger partial charge in [-0.05, 0) is 30.9 Å². The Labute approximate surface area is 126 Å². The van der Waals surface area contributed by atoms with Gasteiger partial charge in [0.25, 0.3) is 10.0 Å². The fourth-order valence-electron chi connectivity index (χ4n) is 1.66. The van der Waals surface area contributed by atoms with Crippen LogP contribution in [0.5, 0.6) is 0 Å². The van der Waals surface area contributed by atoms with E-state index in [0.717, 1.165) is 24.2 Å². The van der Waals surface area contributed by atoms with Gasteiger partial charge in [0.15, 0.2) is 0 Å². The molecule has 20 heavy (non-hydrogen) atoms. The van der Waals surface area contributed by atoms with Crippen LogP contribution in [0.1, 0.15) is 12.8 Å². The van der Waals surface area contributed by atoms with Crippen molar-refractivity contribution in [2.75, 3.05) is 13.1 Å². The highest BCUT2D eigenvalue weighted by Gasteiger charge is 2.28. The second kappa shape index (κ2) is 6.40. The Morgan fingerprint density at radius 3 is 2.75 bits per heavy atom. The summed E-state index contributed by atoms with van der Waals surface area (Å²) in [6.07, 6.45) is 2.20. The number of halogens is 1. The molecule has 0 spiro atoms. The van der Waals surface area contributed by atoms with Gasteiger partial charge in [-0.15, -0.1) is 11.3 Å². The fourth-order valence-corrected chi connectivity index (χ4v) is 4.17. The van der Waals surface area contributed by atoms with Crippen molar-refractivity contribution in [3.8, 4) is 0 Å². The number of thiophene rings is 1. The molecule has 1 aliphatic rings. The van der Waals surface area contributed by atoms with Crippen molar-refractivity contribution >= 4 is 38.9 Å². The fraction of sp³-hybridized carbons (Fsp3) is 0.545. The minimum atomic E-state index is -3.69. The highest BCUT2D eigenvalue weighted by molar-refractivity contribution is 7.91. The molecular weight excluding hydrogens is 322 g/mol. The summed E-state index contributed by atoms with van der Waals surface area (Å²) in [5.74, 6) is 0.0904. The molecule has 0 aromatic carbocycles. The monoisotopic (exact) mass is 337 g/mol. The third kappa shape index (κ3) is 4.42. The summed E-state index contributed by atoms with van der Waals surface area (Å²) in [5, 5.41) is 2.62. The number of sulfonamides is 1. The van der Waals surface area contributed by atoms with Crippen molar-refractivity contribution in [3.05, 3.63) is 16.5 Å². The third-order valence-electron chi connectivity index (χ3n) is 3.00. The Morgan fingerprint density at radius 1 is 1.50 bits per heavy atom. The quantitative estimate of drug-likeness (QED) is 0.675. The highest BCUT2D eigenvalue weighted by Crippen LogP contribution is 2.31. The number of hydrogen-bond donors (Lipinski definition) is 3. The molecule has 0 aliphatic heterocycles. The van der Waals surface area contributed by atoms with E-state index >= 15 is 0 Å². The molecule has 112 valence electrons. The zero-order valence-electron chi connectivity index (χ0n) is 10.6. The molecule has 2 rings (SSSR count). The standard InChI is InChI=1S/C11H16ClN3O3S2/c12-9-3-4-11(19-9)20(17,18)15-6-10(16)14-5-8(13)7-1-2-7/h3-4,7-8,15H,1-2,5-6,13H2,(H,14,16). The van der Waals surface area contributed by atoms with Crippen LogP contribution in [0, 0.1) is 5.92 Å². The zero-order valence-corrected chi connectivity index (χ0v) is 13.0. The van der Waals surface area contributed by atoms with E-state index in [1.54, 1.807) is 0 Å². The number of nitrogens with two attached hydrogens (primary N) is 1. The van der Waals surface area contributed by atoms with Gasteiger partial charge in [-0.1, -0.05) is 11.6 Å². The van der Waals surface area contributed by atoms with Gasteiger partial charge in [0.2, 0.25) is 5.91 Å². The number of nitrogens with one attached hydrogen (secondary N) is 2. The second-order valence-electron chi connectivity index (χ2n) is 4.69. The van der Waals surface area contributed by atoms with Gasteiger partial charge in [-0.25, -0.2) is 13.1 Å². The normalized spacial score (nSPS) is 16.9. The SMILES string of the molecule is NC(CNC(=O)CNS(=O)(=O)c1ccc(Cl)s1)C1CC1. The predicted octanol–water partition coefficient (Wildman–Crippen LogP) is 0.533. The van der Waals surface area contributed by atoms with Crippen LogP contribution in [0.4, 0.5) is 0 Å². The van der Waals surface area contributed by atoms with Gasteiger partial charge >= 0.3 is 0 Å². The third-order valence-corrected chi connectivity index (χ3v) is 6.12. The van der Waals surface area contributed by atoms with E-state index in [0.29, 0.717) is 16.8 Å². The van der Waals surface area contributed by atoms with Gasteiger partial charge in [0.1, 0.15) is 4.21 Å². The predicted molar refractivity (Wildman–Crippen MR) is 78.2 cm³/mol. The maximum absolute atomic E-state index is 11.8. The van der Waals surface area contributed by atoms with Crippen LogP contribution in [0.3, 0.4) is 0 Å². The van der Waals surface area contributed by atoms with E-state index in [4.69, 9.17) is 17.3 Å². The Hall–Kier alpha value is -0.670. The average Bonchev–Trinajstić information content (AvgIpc) is 3.15. The molecule has 1 aromatic rings. The van der Waals surface area contributed by atoms with E-state index in [-0.39, 0.29) is 16.8 Å². The van der Waals surface area contributed by atoms with E-state index in [1.807, 2.05) is 0 Å². The van der Waals surface area contributed by atoms with E-state index in [9.17, 15) is 13.2 Å². The minimum absolute atomic E-state index is 0.0494. The lowest BCUT2D eigenvalue weighted by atomic mass is 10.2. The summed E-state index contributed by atoms with van der Waals surface area (Å²) in [4.78, 5) is 11.6. The first kappa shape index (κ1) is 15.7. The Balaban J connectivity index is 1.77. The van der Waals surface area contributed by atoms with Gasteiger partial charge in [-0.3, -0.25) is 4.79 Å².